The topological polar surface area (TPSA) is 84.9 Å². The van der Waals surface area contributed by atoms with Crippen LogP contribution in [0.15, 0.2) is 23.8 Å². The fourth-order valence-electron chi connectivity index (χ4n) is 1.85. The van der Waals surface area contributed by atoms with E-state index in [9.17, 15) is 14.7 Å². The molecule has 1 saturated heterocycles. The van der Waals surface area contributed by atoms with Crippen LogP contribution in [0, 0.1) is 0 Å². The molecule has 0 unspecified atom stereocenters. The van der Waals surface area contributed by atoms with E-state index >= 15 is 0 Å². The Kier molecular flexibility index (Phi) is 3.40. The van der Waals surface area contributed by atoms with Crippen molar-refractivity contribution in [1.29, 1.82) is 0 Å². The van der Waals surface area contributed by atoms with E-state index in [2.05, 4.69) is 5.32 Å². The van der Waals surface area contributed by atoms with Crippen LogP contribution in [0.5, 0.6) is 5.75 Å². The molecule has 20 heavy (non-hydrogen) atoms. The lowest BCUT2D eigenvalue weighted by Gasteiger charge is -2.29. The highest BCUT2D eigenvalue weighted by Crippen LogP contribution is 2.30. The number of anilines is 1. The second-order valence-corrected chi connectivity index (χ2v) is 4.73. The van der Waals surface area contributed by atoms with Gasteiger partial charge in [0, 0.05) is 32.1 Å². The van der Waals surface area contributed by atoms with Crippen molar-refractivity contribution in [2.75, 3.05) is 12.4 Å². The summed E-state index contributed by atoms with van der Waals surface area (Å²) in [5.41, 5.74) is 0.629. The van der Waals surface area contributed by atoms with Gasteiger partial charge >= 0.3 is 11.9 Å². The molecule has 0 aromatic heterocycles. The summed E-state index contributed by atoms with van der Waals surface area (Å²) in [4.78, 5) is 23.7. The highest BCUT2D eigenvalue weighted by Gasteiger charge is 2.39. The quantitative estimate of drug-likeness (QED) is 0.486. The number of benzene rings is 1. The van der Waals surface area contributed by atoms with Crippen LogP contribution in [0.3, 0.4) is 0 Å². The van der Waals surface area contributed by atoms with Gasteiger partial charge in [-0.2, -0.15) is 0 Å². The van der Waals surface area contributed by atoms with E-state index in [0.717, 1.165) is 0 Å². The van der Waals surface area contributed by atoms with Crippen LogP contribution in [-0.2, 0) is 19.1 Å². The average molecular weight is 277 g/mol. The van der Waals surface area contributed by atoms with E-state index < -0.39 is 17.7 Å². The fraction of sp³-hybridized carbons (Fsp3) is 0.286. The maximum Gasteiger partial charge on any atom is 0.348 e. The van der Waals surface area contributed by atoms with Crippen LogP contribution >= 0.6 is 0 Å². The van der Waals surface area contributed by atoms with Crippen LogP contribution in [0.2, 0.25) is 0 Å². The molecular formula is C14H15NO5. The predicted molar refractivity (Wildman–Crippen MR) is 71.9 cm³/mol. The number of phenols is 1. The molecule has 1 aliphatic rings. The summed E-state index contributed by atoms with van der Waals surface area (Å²) < 4.78 is 9.98. The molecule has 2 rings (SSSR count). The number of carbonyl (C=O) groups excluding carboxylic acids is 2. The number of phenolic OH excluding ortho intramolecular Hbond substituents is 1. The summed E-state index contributed by atoms with van der Waals surface area (Å²) in [7, 11) is 1.66. The average Bonchev–Trinajstić information content (AvgIpc) is 2.33. The monoisotopic (exact) mass is 277 g/mol. The van der Waals surface area contributed by atoms with E-state index in [1.165, 1.54) is 26.0 Å². The molecule has 1 fully saturated rings. The van der Waals surface area contributed by atoms with E-state index in [1.807, 2.05) is 0 Å². The third kappa shape index (κ3) is 2.59. The van der Waals surface area contributed by atoms with E-state index in [-0.39, 0.29) is 11.3 Å². The molecule has 0 atom stereocenters. The van der Waals surface area contributed by atoms with Crippen LogP contribution in [0.25, 0.3) is 6.08 Å². The lowest BCUT2D eigenvalue weighted by molar-refractivity contribution is -0.222. The Balaban J connectivity index is 2.46. The van der Waals surface area contributed by atoms with E-state index in [1.54, 1.807) is 19.2 Å². The summed E-state index contributed by atoms with van der Waals surface area (Å²) >= 11 is 0. The smallest absolute Gasteiger partial charge is 0.348 e. The first-order valence-electron chi connectivity index (χ1n) is 6.02. The molecule has 1 aromatic rings. The van der Waals surface area contributed by atoms with Gasteiger partial charge < -0.3 is 19.9 Å². The molecule has 106 valence electrons. The summed E-state index contributed by atoms with van der Waals surface area (Å²) in [5, 5.41) is 12.7. The molecule has 0 saturated carbocycles. The van der Waals surface area contributed by atoms with Gasteiger partial charge in [-0.1, -0.05) is 6.07 Å². The summed E-state index contributed by atoms with van der Waals surface area (Å²) in [5.74, 6) is -2.90. The van der Waals surface area contributed by atoms with Gasteiger partial charge in [-0.05, 0) is 18.2 Å². The Morgan fingerprint density at radius 2 is 1.80 bits per heavy atom. The molecule has 2 N–H and O–H groups in total. The largest absolute Gasteiger partial charge is 0.507 e. The van der Waals surface area contributed by atoms with Gasteiger partial charge in [-0.15, -0.1) is 0 Å². The zero-order chi connectivity index (χ0) is 14.9. The highest BCUT2D eigenvalue weighted by molar-refractivity contribution is 6.19. The Morgan fingerprint density at radius 1 is 1.20 bits per heavy atom. The highest BCUT2D eigenvalue weighted by atomic mass is 16.7. The lowest BCUT2D eigenvalue weighted by Crippen LogP contribution is -2.41. The number of hydrogen-bond acceptors (Lipinski definition) is 6. The van der Waals surface area contributed by atoms with Gasteiger partial charge in [0.25, 0.3) is 5.79 Å². The lowest BCUT2D eigenvalue weighted by atomic mass is 10.1. The van der Waals surface area contributed by atoms with Crippen molar-refractivity contribution in [3.8, 4) is 5.75 Å². The maximum atomic E-state index is 11.8. The second-order valence-electron chi connectivity index (χ2n) is 4.73. The third-order valence-electron chi connectivity index (χ3n) is 2.76. The maximum absolute atomic E-state index is 11.8. The fourth-order valence-corrected chi connectivity index (χ4v) is 1.85. The van der Waals surface area contributed by atoms with Gasteiger partial charge in [0.05, 0.1) is 0 Å². The minimum absolute atomic E-state index is 0.0604. The van der Waals surface area contributed by atoms with Gasteiger partial charge in [0.1, 0.15) is 11.3 Å². The van der Waals surface area contributed by atoms with Crippen LogP contribution < -0.4 is 5.32 Å². The third-order valence-corrected chi connectivity index (χ3v) is 2.76. The minimum atomic E-state index is -1.28. The number of carbonyl (C=O) groups is 2. The number of nitrogens with one attached hydrogen (secondary N) is 1. The van der Waals surface area contributed by atoms with E-state index in [4.69, 9.17) is 9.47 Å². The van der Waals surface area contributed by atoms with Crippen molar-refractivity contribution in [2.45, 2.75) is 19.6 Å². The van der Waals surface area contributed by atoms with Crippen molar-refractivity contribution < 1.29 is 24.2 Å². The Bertz CT molecular complexity index is 582. The summed E-state index contributed by atoms with van der Waals surface area (Å²) in [6, 6.07) is 4.80. The van der Waals surface area contributed by atoms with Crippen LogP contribution in [-0.4, -0.2) is 29.9 Å². The molecule has 1 aromatic carbocycles. The molecule has 0 bridgehead atoms. The molecule has 0 aliphatic carbocycles. The SMILES string of the molecule is CNc1cccc(O)c1C=C1C(=O)OC(C)(C)OC1=O. The standard InChI is InChI=1S/C14H15NO5/c1-14(2)19-12(17)9(13(18)20-14)7-8-10(15-3)5-4-6-11(8)16/h4-7,15-16H,1-3H3. The molecule has 1 aliphatic heterocycles. The Labute approximate surface area is 116 Å². The first kappa shape index (κ1) is 13.9. The first-order valence-corrected chi connectivity index (χ1v) is 6.02. The van der Waals surface area contributed by atoms with Crippen LogP contribution in [0.1, 0.15) is 19.4 Å². The van der Waals surface area contributed by atoms with Crippen molar-refractivity contribution >= 4 is 23.7 Å². The molecule has 6 heteroatoms. The zero-order valence-electron chi connectivity index (χ0n) is 11.4. The normalized spacial score (nSPS) is 17.2. The van der Waals surface area contributed by atoms with Gasteiger partial charge in [-0.25, -0.2) is 9.59 Å². The predicted octanol–water partition coefficient (Wildman–Crippen LogP) is 1.65. The number of hydrogen-bond donors (Lipinski definition) is 2. The van der Waals surface area contributed by atoms with Crippen LogP contribution in [0.4, 0.5) is 5.69 Å². The second kappa shape index (κ2) is 4.88. The number of esters is 2. The van der Waals surface area contributed by atoms with Gasteiger partial charge in [0.2, 0.25) is 0 Å². The number of rotatable bonds is 2. The number of cyclic esters (lactones) is 2. The van der Waals surface area contributed by atoms with Crippen molar-refractivity contribution in [3.05, 3.63) is 29.3 Å². The Hall–Kier alpha value is -2.50. The Morgan fingerprint density at radius 3 is 2.35 bits per heavy atom. The number of aromatic hydroxyl groups is 1. The molecule has 0 radical (unpaired) electrons. The number of ether oxygens (including phenoxy) is 2. The molecule has 0 spiro atoms. The zero-order valence-corrected chi connectivity index (χ0v) is 11.4. The van der Waals surface area contributed by atoms with Gasteiger partial charge in [0.15, 0.2) is 0 Å². The van der Waals surface area contributed by atoms with Gasteiger partial charge in [-0.3, -0.25) is 0 Å². The summed E-state index contributed by atoms with van der Waals surface area (Å²) in [6.07, 6.45) is 1.25. The van der Waals surface area contributed by atoms with Crippen molar-refractivity contribution in [2.24, 2.45) is 0 Å². The molecule has 0 amide bonds. The minimum Gasteiger partial charge on any atom is -0.507 e. The first-order chi connectivity index (χ1) is 9.34. The summed E-state index contributed by atoms with van der Waals surface area (Å²) in [6.45, 7) is 2.94. The van der Waals surface area contributed by atoms with Crippen molar-refractivity contribution in [1.82, 2.24) is 0 Å². The molecular weight excluding hydrogens is 262 g/mol. The van der Waals surface area contributed by atoms with Crippen molar-refractivity contribution in [3.63, 3.8) is 0 Å². The molecule has 6 nitrogen and oxygen atoms in total. The van der Waals surface area contributed by atoms with E-state index in [0.29, 0.717) is 11.3 Å². The molecule has 1 heterocycles.